The van der Waals surface area contributed by atoms with Crippen LogP contribution >= 0.6 is 11.8 Å². The van der Waals surface area contributed by atoms with Crippen LogP contribution in [0.25, 0.3) is 0 Å². The van der Waals surface area contributed by atoms with Gasteiger partial charge < -0.3 is 14.4 Å². The zero-order valence-corrected chi connectivity index (χ0v) is 15.1. The van der Waals surface area contributed by atoms with Crippen LogP contribution in [0.4, 0.5) is 4.79 Å². The number of carbonyl (C=O) groups excluding carboxylic acids is 1. The van der Waals surface area contributed by atoms with Crippen LogP contribution in [0.5, 0.6) is 0 Å². The molecule has 0 radical (unpaired) electrons. The molecule has 2 rings (SSSR count). The molecule has 0 bridgehead atoms. The van der Waals surface area contributed by atoms with Crippen LogP contribution in [0.2, 0.25) is 0 Å². The highest BCUT2D eigenvalue weighted by molar-refractivity contribution is 7.98. The van der Waals surface area contributed by atoms with Gasteiger partial charge in [-0.25, -0.2) is 9.78 Å². The third-order valence-corrected chi connectivity index (χ3v) is 4.21. The van der Waals surface area contributed by atoms with Gasteiger partial charge in [0, 0.05) is 18.9 Å². The Morgan fingerprint density at radius 3 is 2.83 bits per heavy atom. The smallest absolute Gasteiger partial charge is 0.410 e. The van der Waals surface area contributed by atoms with E-state index in [1.54, 1.807) is 29.1 Å². The molecule has 1 aliphatic heterocycles. The second-order valence-electron chi connectivity index (χ2n) is 6.50. The predicted molar refractivity (Wildman–Crippen MR) is 89.4 cm³/mol. The maximum Gasteiger partial charge on any atom is 0.410 e. The molecule has 7 heteroatoms. The number of rotatable bonds is 5. The van der Waals surface area contributed by atoms with Gasteiger partial charge in [0.05, 0.1) is 24.9 Å². The summed E-state index contributed by atoms with van der Waals surface area (Å²) in [4.78, 5) is 22.6. The van der Waals surface area contributed by atoms with Crippen LogP contribution in [0, 0.1) is 0 Å². The van der Waals surface area contributed by atoms with Crippen LogP contribution in [-0.2, 0) is 16.1 Å². The molecule has 1 aromatic rings. The minimum absolute atomic E-state index is 0.0688. The highest BCUT2D eigenvalue weighted by atomic mass is 32.2. The van der Waals surface area contributed by atoms with Gasteiger partial charge >= 0.3 is 6.09 Å². The van der Waals surface area contributed by atoms with Gasteiger partial charge in [0.25, 0.3) is 0 Å². The first-order chi connectivity index (χ1) is 10.9. The van der Waals surface area contributed by atoms with E-state index in [9.17, 15) is 4.79 Å². The minimum Gasteiger partial charge on any atom is -0.444 e. The summed E-state index contributed by atoms with van der Waals surface area (Å²) in [6.07, 6.45) is 6.98. The van der Waals surface area contributed by atoms with Gasteiger partial charge in [0.2, 0.25) is 0 Å². The Bertz CT molecular complexity index is 534. The molecule has 1 aliphatic rings. The lowest BCUT2D eigenvalue weighted by Crippen LogP contribution is -2.41. The van der Waals surface area contributed by atoms with Crippen molar-refractivity contribution in [1.29, 1.82) is 0 Å². The molecule has 128 valence electrons. The average Bonchev–Trinajstić information content (AvgIpc) is 2.94. The van der Waals surface area contributed by atoms with E-state index in [4.69, 9.17) is 9.47 Å². The minimum atomic E-state index is -0.474. The Hall–Kier alpha value is -1.34. The van der Waals surface area contributed by atoms with Crippen LogP contribution < -0.4 is 0 Å². The van der Waals surface area contributed by atoms with Gasteiger partial charge in [0.15, 0.2) is 0 Å². The number of nitrogens with zero attached hydrogens (tertiary/aromatic N) is 3. The lowest BCUT2D eigenvalue weighted by Gasteiger charge is -2.28. The van der Waals surface area contributed by atoms with Crippen molar-refractivity contribution in [3.05, 3.63) is 18.1 Å². The van der Waals surface area contributed by atoms with Gasteiger partial charge in [0.1, 0.15) is 10.6 Å². The molecule has 6 nitrogen and oxygen atoms in total. The van der Waals surface area contributed by atoms with E-state index in [0.29, 0.717) is 13.2 Å². The third-order valence-electron chi connectivity index (χ3n) is 3.48. The summed E-state index contributed by atoms with van der Waals surface area (Å²) in [7, 11) is 0. The second-order valence-corrected chi connectivity index (χ2v) is 7.29. The molecule has 0 spiro atoms. The summed E-state index contributed by atoms with van der Waals surface area (Å²) < 4.78 is 11.3. The molecule has 1 atom stereocenters. The van der Waals surface area contributed by atoms with Gasteiger partial charge in [-0.3, -0.25) is 4.98 Å². The quantitative estimate of drug-likeness (QED) is 0.768. The molecule has 1 amide bonds. The zero-order chi connectivity index (χ0) is 16.9. The number of ether oxygens (including phenoxy) is 2. The SMILES string of the molecule is CSc1nccnc1COC[C@@H]1CCCN1C(=O)OC(C)(C)C. The van der Waals surface area contributed by atoms with Gasteiger partial charge in [-0.05, 0) is 39.9 Å². The molecule has 0 unspecified atom stereocenters. The average molecular weight is 339 g/mol. The Morgan fingerprint density at radius 2 is 2.13 bits per heavy atom. The highest BCUT2D eigenvalue weighted by Gasteiger charge is 2.32. The number of aromatic nitrogens is 2. The van der Waals surface area contributed by atoms with E-state index in [1.165, 1.54) is 0 Å². The van der Waals surface area contributed by atoms with Crippen LogP contribution in [0.3, 0.4) is 0 Å². The number of amides is 1. The van der Waals surface area contributed by atoms with Crippen molar-refractivity contribution < 1.29 is 14.3 Å². The highest BCUT2D eigenvalue weighted by Crippen LogP contribution is 2.22. The van der Waals surface area contributed by atoms with E-state index in [0.717, 1.165) is 30.1 Å². The number of hydrogen-bond donors (Lipinski definition) is 0. The van der Waals surface area contributed by atoms with Crippen molar-refractivity contribution in [2.75, 3.05) is 19.4 Å². The molecule has 1 aromatic heterocycles. The summed E-state index contributed by atoms with van der Waals surface area (Å²) in [5, 5.41) is 0.878. The molecule has 0 saturated carbocycles. The Balaban J connectivity index is 1.86. The van der Waals surface area contributed by atoms with Gasteiger partial charge in [-0.1, -0.05) is 0 Å². The summed E-state index contributed by atoms with van der Waals surface area (Å²) in [5.41, 5.74) is 0.361. The molecule has 0 aliphatic carbocycles. The van der Waals surface area contributed by atoms with E-state index in [-0.39, 0.29) is 12.1 Å². The lowest BCUT2D eigenvalue weighted by atomic mass is 10.2. The normalized spacial score (nSPS) is 18.3. The third kappa shape index (κ3) is 5.35. The molecule has 0 aromatic carbocycles. The molecule has 1 saturated heterocycles. The maximum absolute atomic E-state index is 12.2. The van der Waals surface area contributed by atoms with E-state index < -0.39 is 5.60 Å². The zero-order valence-electron chi connectivity index (χ0n) is 14.2. The van der Waals surface area contributed by atoms with Crippen molar-refractivity contribution >= 4 is 17.9 Å². The number of thioether (sulfide) groups is 1. The summed E-state index contributed by atoms with van der Waals surface area (Å²) >= 11 is 1.55. The fraction of sp³-hybridized carbons (Fsp3) is 0.688. The summed E-state index contributed by atoms with van der Waals surface area (Å²) in [6, 6.07) is 0.0688. The molecular formula is C16H25N3O3S. The van der Waals surface area contributed by atoms with Crippen molar-refractivity contribution in [2.24, 2.45) is 0 Å². The van der Waals surface area contributed by atoms with Crippen LogP contribution in [-0.4, -0.2) is 52.0 Å². The maximum atomic E-state index is 12.2. The Morgan fingerprint density at radius 1 is 1.39 bits per heavy atom. The monoisotopic (exact) mass is 339 g/mol. The largest absolute Gasteiger partial charge is 0.444 e. The molecular weight excluding hydrogens is 314 g/mol. The van der Waals surface area contributed by atoms with Gasteiger partial charge in [-0.2, -0.15) is 0 Å². The van der Waals surface area contributed by atoms with Crippen molar-refractivity contribution in [3.63, 3.8) is 0 Å². The van der Waals surface area contributed by atoms with E-state index in [2.05, 4.69) is 9.97 Å². The van der Waals surface area contributed by atoms with Crippen molar-refractivity contribution in [1.82, 2.24) is 14.9 Å². The van der Waals surface area contributed by atoms with Crippen molar-refractivity contribution in [3.8, 4) is 0 Å². The number of likely N-dealkylation sites (tertiary alicyclic amines) is 1. The number of carbonyl (C=O) groups is 1. The standard InChI is InChI=1S/C16H25N3O3S/c1-16(2,3)22-15(20)19-9-5-6-12(19)10-21-11-13-14(23-4)18-8-7-17-13/h7-8,12H,5-6,9-11H2,1-4H3/t12-/m0/s1. The first-order valence-electron chi connectivity index (χ1n) is 7.82. The van der Waals surface area contributed by atoms with E-state index in [1.807, 2.05) is 27.0 Å². The first kappa shape index (κ1) is 18.0. The fourth-order valence-corrected chi connectivity index (χ4v) is 3.00. The molecule has 0 N–H and O–H groups in total. The van der Waals surface area contributed by atoms with Crippen molar-refractivity contribution in [2.45, 2.75) is 56.9 Å². The Labute approximate surface area is 142 Å². The van der Waals surface area contributed by atoms with Crippen LogP contribution in [0.15, 0.2) is 17.4 Å². The summed E-state index contributed by atoms with van der Waals surface area (Å²) in [5.74, 6) is 0. The first-order valence-corrected chi connectivity index (χ1v) is 9.04. The lowest BCUT2D eigenvalue weighted by molar-refractivity contribution is 0.00833. The second kappa shape index (κ2) is 7.97. The topological polar surface area (TPSA) is 64.6 Å². The molecule has 23 heavy (non-hydrogen) atoms. The Kier molecular flexibility index (Phi) is 6.24. The number of hydrogen-bond acceptors (Lipinski definition) is 6. The fourth-order valence-electron chi connectivity index (χ4n) is 2.49. The predicted octanol–water partition coefficient (Wildman–Crippen LogP) is 3.11. The summed E-state index contributed by atoms with van der Waals surface area (Å²) in [6.45, 7) is 7.26. The molecule has 1 fully saturated rings. The van der Waals surface area contributed by atoms with Gasteiger partial charge in [-0.15, -0.1) is 11.8 Å². The molecule has 2 heterocycles. The van der Waals surface area contributed by atoms with E-state index >= 15 is 0 Å². The van der Waals surface area contributed by atoms with Crippen LogP contribution in [0.1, 0.15) is 39.3 Å².